The van der Waals surface area contributed by atoms with Crippen LogP contribution in [0.3, 0.4) is 0 Å². The largest absolute Gasteiger partial charge is 0.748 e. The molecule has 0 radical (unpaired) electrons. The summed E-state index contributed by atoms with van der Waals surface area (Å²) in [5.41, 5.74) is 0.453. The molecule has 1 atom stereocenters. The van der Waals surface area contributed by atoms with Crippen LogP contribution in [0.2, 0.25) is 0 Å². The Balaban J connectivity index is 1.96. The number of ether oxygens (including phenoxy) is 1. The lowest BCUT2D eigenvalue weighted by molar-refractivity contribution is -0.916. The maximum absolute atomic E-state index is 11.2. The molecular formula is C23H44N2O6S. The number of esters is 1. The maximum Gasteiger partial charge on any atom is 0.333 e. The summed E-state index contributed by atoms with van der Waals surface area (Å²) >= 11 is 0. The monoisotopic (exact) mass is 476 g/mol. The normalized spacial score (nSPS) is 17.8. The molecule has 9 heteroatoms. The van der Waals surface area contributed by atoms with Crippen LogP contribution in [0.15, 0.2) is 12.2 Å². The average molecular weight is 477 g/mol. The van der Waals surface area contributed by atoms with Gasteiger partial charge in [0.25, 0.3) is 0 Å². The fourth-order valence-electron chi connectivity index (χ4n) is 4.16. The van der Waals surface area contributed by atoms with E-state index in [4.69, 9.17) is 4.74 Å². The fourth-order valence-corrected chi connectivity index (χ4v) is 4.73. The van der Waals surface area contributed by atoms with Gasteiger partial charge in [-0.15, -0.1) is 0 Å². The molecule has 188 valence electrons. The molecule has 0 aromatic rings. The first-order valence-electron chi connectivity index (χ1n) is 12.0. The summed E-state index contributed by atoms with van der Waals surface area (Å²) in [4.78, 5) is 13.7. The van der Waals surface area contributed by atoms with E-state index in [0.29, 0.717) is 23.2 Å². The first kappa shape index (κ1) is 29.0. The van der Waals surface area contributed by atoms with Crippen molar-refractivity contribution in [2.75, 3.05) is 58.7 Å². The Bertz CT molecular complexity index is 659. The van der Waals surface area contributed by atoms with Crippen molar-refractivity contribution in [3.05, 3.63) is 12.2 Å². The Morgan fingerprint density at radius 3 is 2.06 bits per heavy atom. The van der Waals surface area contributed by atoms with Crippen LogP contribution in [0, 0.1) is 0 Å². The Hall–Kier alpha value is -1.00. The van der Waals surface area contributed by atoms with Gasteiger partial charge in [0.05, 0.1) is 42.6 Å². The summed E-state index contributed by atoms with van der Waals surface area (Å²) in [6.45, 7) is 10.7. The second-order valence-corrected chi connectivity index (χ2v) is 11.0. The fraction of sp³-hybridized carbons (Fsp3) is 0.870. The second kappa shape index (κ2) is 15.0. The van der Waals surface area contributed by atoms with Crippen LogP contribution in [-0.2, 0) is 19.6 Å². The Morgan fingerprint density at radius 1 is 1.06 bits per heavy atom. The van der Waals surface area contributed by atoms with Gasteiger partial charge in [-0.1, -0.05) is 51.5 Å². The summed E-state index contributed by atoms with van der Waals surface area (Å²) in [6, 6.07) is 0. The van der Waals surface area contributed by atoms with Crippen LogP contribution < -0.4 is 0 Å². The molecule has 1 saturated heterocycles. The van der Waals surface area contributed by atoms with E-state index in [-0.39, 0.29) is 5.97 Å². The summed E-state index contributed by atoms with van der Waals surface area (Å²) in [5, 5.41) is 9.89. The molecule has 0 spiro atoms. The van der Waals surface area contributed by atoms with E-state index in [9.17, 15) is 22.9 Å². The number of piperazine rings is 1. The summed E-state index contributed by atoms with van der Waals surface area (Å²) in [6.07, 6.45) is 9.55. The minimum absolute atomic E-state index is 0.296. The van der Waals surface area contributed by atoms with Crippen LogP contribution in [0.1, 0.15) is 64.7 Å². The topological polar surface area (TPSA) is 107 Å². The number of hydrogen-bond donors (Lipinski definition) is 1. The van der Waals surface area contributed by atoms with E-state index in [0.717, 1.165) is 45.6 Å². The third kappa shape index (κ3) is 14.2. The number of carbonyl (C=O) groups is 1. The zero-order valence-corrected chi connectivity index (χ0v) is 20.9. The van der Waals surface area contributed by atoms with Gasteiger partial charge in [-0.3, -0.25) is 4.90 Å². The quantitative estimate of drug-likeness (QED) is 0.113. The number of likely N-dealkylation sites (N-methyl/N-ethyl adjacent to an activating group) is 1. The molecular weight excluding hydrogens is 432 g/mol. The number of unbranched alkanes of at least 4 members (excludes halogenated alkanes) is 8. The molecule has 1 aliphatic rings. The van der Waals surface area contributed by atoms with Crippen LogP contribution in [0.5, 0.6) is 0 Å². The highest BCUT2D eigenvalue weighted by Gasteiger charge is 2.31. The highest BCUT2D eigenvalue weighted by molar-refractivity contribution is 7.85. The molecule has 1 heterocycles. The maximum atomic E-state index is 11.2. The smallest absolute Gasteiger partial charge is 0.333 e. The molecule has 1 unspecified atom stereocenters. The van der Waals surface area contributed by atoms with E-state index in [1.165, 1.54) is 44.9 Å². The van der Waals surface area contributed by atoms with Gasteiger partial charge in [-0.2, -0.15) is 0 Å². The zero-order valence-electron chi connectivity index (χ0n) is 20.1. The van der Waals surface area contributed by atoms with Crippen LogP contribution in [0.4, 0.5) is 0 Å². The molecule has 0 aliphatic carbocycles. The molecule has 1 rings (SSSR count). The number of aliphatic hydroxyl groups is 1. The van der Waals surface area contributed by atoms with Crippen molar-refractivity contribution >= 4 is 16.1 Å². The van der Waals surface area contributed by atoms with Crippen LogP contribution in [-0.4, -0.2) is 98.2 Å². The van der Waals surface area contributed by atoms with Gasteiger partial charge in [0.15, 0.2) is 0 Å². The van der Waals surface area contributed by atoms with Crippen molar-refractivity contribution in [1.82, 2.24) is 4.90 Å². The molecule has 1 fully saturated rings. The van der Waals surface area contributed by atoms with Crippen molar-refractivity contribution in [2.45, 2.75) is 70.8 Å². The van der Waals surface area contributed by atoms with Gasteiger partial charge in [0, 0.05) is 18.7 Å². The summed E-state index contributed by atoms with van der Waals surface area (Å²) < 4.78 is 38.1. The number of hydrogen-bond acceptors (Lipinski definition) is 7. The first-order valence-corrected chi connectivity index (χ1v) is 13.6. The van der Waals surface area contributed by atoms with Crippen LogP contribution >= 0.6 is 0 Å². The highest BCUT2D eigenvalue weighted by Crippen LogP contribution is 2.14. The average Bonchev–Trinajstić information content (AvgIpc) is 2.68. The van der Waals surface area contributed by atoms with Gasteiger partial charge in [-0.05, 0) is 26.3 Å². The van der Waals surface area contributed by atoms with Crippen molar-refractivity contribution in [2.24, 2.45) is 0 Å². The van der Waals surface area contributed by atoms with Gasteiger partial charge >= 0.3 is 5.97 Å². The number of aliphatic hydroxyl groups excluding tert-OH is 1. The van der Waals surface area contributed by atoms with Crippen molar-refractivity contribution in [1.29, 1.82) is 0 Å². The van der Waals surface area contributed by atoms with Crippen molar-refractivity contribution in [3.63, 3.8) is 0 Å². The highest BCUT2D eigenvalue weighted by atomic mass is 32.2. The number of quaternary nitrogens is 1. The van der Waals surface area contributed by atoms with E-state index < -0.39 is 22.0 Å². The molecule has 0 amide bonds. The standard InChI is InChI=1S/C23H44N2O6S/c1-21(2)23(27)31-18-12-10-8-6-4-5-7-9-11-13-24-14-16-25(3,17-15-24)19-22(26)20-32(28,29)30/h22,26H,1,4-20H2,2-3H3. The second-order valence-electron chi connectivity index (χ2n) is 9.57. The number of carbonyl (C=O) groups excluding carboxylic acids is 1. The number of rotatable bonds is 17. The van der Waals surface area contributed by atoms with Crippen molar-refractivity contribution < 1.29 is 32.1 Å². The lowest BCUT2D eigenvalue weighted by Crippen LogP contribution is -2.60. The zero-order chi connectivity index (χ0) is 24.0. The molecule has 0 saturated carbocycles. The summed E-state index contributed by atoms with van der Waals surface area (Å²) in [7, 11) is -2.37. The molecule has 8 nitrogen and oxygen atoms in total. The molecule has 1 aliphatic heterocycles. The molecule has 1 N–H and O–H groups in total. The van der Waals surface area contributed by atoms with E-state index in [2.05, 4.69) is 11.5 Å². The first-order chi connectivity index (χ1) is 15.0. The number of nitrogens with zero attached hydrogens (tertiary/aromatic N) is 2. The molecule has 32 heavy (non-hydrogen) atoms. The Morgan fingerprint density at radius 2 is 1.56 bits per heavy atom. The minimum Gasteiger partial charge on any atom is -0.748 e. The van der Waals surface area contributed by atoms with Gasteiger partial charge < -0.3 is 18.9 Å². The van der Waals surface area contributed by atoms with Gasteiger partial charge in [0.1, 0.15) is 12.6 Å². The molecule has 0 bridgehead atoms. The van der Waals surface area contributed by atoms with E-state index in [1.807, 2.05) is 7.05 Å². The minimum atomic E-state index is -4.39. The third-order valence-electron chi connectivity index (χ3n) is 6.16. The predicted molar refractivity (Wildman–Crippen MR) is 125 cm³/mol. The SMILES string of the molecule is C=C(C)C(=O)OCCCCCCCCCCCN1CC[N+](C)(CC(O)CS(=O)(=O)[O-])CC1. The molecule has 0 aromatic carbocycles. The van der Waals surface area contributed by atoms with Gasteiger partial charge in [-0.25, -0.2) is 13.2 Å². The summed E-state index contributed by atoms with van der Waals surface area (Å²) in [5.74, 6) is -0.995. The predicted octanol–water partition coefficient (Wildman–Crippen LogP) is 2.28. The molecule has 0 aromatic heterocycles. The van der Waals surface area contributed by atoms with Crippen molar-refractivity contribution in [3.8, 4) is 0 Å². The third-order valence-corrected chi connectivity index (χ3v) is 6.95. The Kier molecular flexibility index (Phi) is 13.6. The van der Waals surface area contributed by atoms with E-state index in [1.54, 1.807) is 6.92 Å². The van der Waals surface area contributed by atoms with Crippen LogP contribution in [0.25, 0.3) is 0 Å². The lowest BCUT2D eigenvalue weighted by Gasteiger charge is -2.43. The van der Waals surface area contributed by atoms with E-state index >= 15 is 0 Å². The lowest BCUT2D eigenvalue weighted by atomic mass is 10.1. The Labute approximate surface area is 195 Å². The van der Waals surface area contributed by atoms with Gasteiger partial charge in [0.2, 0.25) is 0 Å².